The van der Waals surface area contributed by atoms with Crippen LogP contribution in [0, 0.1) is 23.7 Å². The van der Waals surface area contributed by atoms with Crippen LogP contribution in [-0.2, 0) is 0 Å². The van der Waals surface area contributed by atoms with Crippen molar-refractivity contribution in [2.24, 2.45) is 23.7 Å². The first kappa shape index (κ1) is 16.5. The molecule has 0 nitrogen and oxygen atoms in total. The van der Waals surface area contributed by atoms with Crippen molar-refractivity contribution in [3.05, 3.63) is 10.5 Å². The van der Waals surface area contributed by atoms with E-state index in [-0.39, 0.29) is 0 Å². The maximum atomic E-state index is 2.49. The summed E-state index contributed by atoms with van der Waals surface area (Å²) in [6.45, 7) is 12.1. The lowest BCUT2D eigenvalue weighted by atomic mass is 9.79. The number of allylic oxidation sites excluding steroid dienone is 2. The fourth-order valence-electron chi connectivity index (χ4n) is 4.16. The molecular formula is C19H34S. The summed E-state index contributed by atoms with van der Waals surface area (Å²) >= 11 is 2.26. The zero-order valence-corrected chi connectivity index (χ0v) is 15.1. The van der Waals surface area contributed by atoms with Gasteiger partial charge in [0, 0.05) is 5.25 Å². The summed E-state index contributed by atoms with van der Waals surface area (Å²) in [6, 6.07) is 0. The highest BCUT2D eigenvalue weighted by Gasteiger charge is 2.37. The van der Waals surface area contributed by atoms with Crippen LogP contribution < -0.4 is 0 Å². The lowest BCUT2D eigenvalue weighted by Crippen LogP contribution is -2.20. The van der Waals surface area contributed by atoms with E-state index in [9.17, 15) is 0 Å². The predicted octanol–water partition coefficient (Wildman–Crippen LogP) is 6.66. The molecule has 2 rings (SSSR count). The molecule has 20 heavy (non-hydrogen) atoms. The number of thioether (sulfide) groups is 1. The van der Waals surface area contributed by atoms with Gasteiger partial charge in [-0.2, -0.15) is 0 Å². The Morgan fingerprint density at radius 3 is 2.15 bits per heavy atom. The molecular weight excluding hydrogens is 260 g/mol. The maximum Gasteiger partial charge on any atom is 0.0160 e. The van der Waals surface area contributed by atoms with Gasteiger partial charge in [0.2, 0.25) is 0 Å². The van der Waals surface area contributed by atoms with Crippen LogP contribution in [0.5, 0.6) is 0 Å². The summed E-state index contributed by atoms with van der Waals surface area (Å²) in [5, 5.41) is 0.887. The second-order valence-electron chi connectivity index (χ2n) is 7.72. The van der Waals surface area contributed by atoms with Gasteiger partial charge in [0.15, 0.2) is 0 Å². The zero-order valence-electron chi connectivity index (χ0n) is 14.2. The molecule has 0 amide bonds. The van der Waals surface area contributed by atoms with Crippen LogP contribution in [0.3, 0.4) is 0 Å². The smallest absolute Gasteiger partial charge is 0.0160 e. The van der Waals surface area contributed by atoms with Crippen LogP contribution in [0.1, 0.15) is 79.6 Å². The van der Waals surface area contributed by atoms with Crippen molar-refractivity contribution in [1.29, 1.82) is 0 Å². The molecule has 3 atom stereocenters. The van der Waals surface area contributed by atoms with E-state index in [1.165, 1.54) is 44.9 Å². The van der Waals surface area contributed by atoms with Crippen molar-refractivity contribution < 1.29 is 0 Å². The van der Waals surface area contributed by atoms with E-state index < -0.39 is 0 Å². The summed E-state index contributed by atoms with van der Waals surface area (Å²) in [4.78, 5) is 1.75. The third kappa shape index (κ3) is 3.84. The molecule has 0 N–H and O–H groups in total. The van der Waals surface area contributed by atoms with E-state index in [0.29, 0.717) is 0 Å². The quantitative estimate of drug-likeness (QED) is 0.548. The Morgan fingerprint density at radius 2 is 1.55 bits per heavy atom. The molecule has 0 aromatic rings. The standard InChI is InChI=1S/C19H34S/c1-13(2)18-16-11-9-7-6-8-10-15(5)12-17(16)20-19(18)14(3)4/h13-17H,6-12H2,1-5H3. The first-order valence-electron chi connectivity index (χ1n) is 8.91. The van der Waals surface area contributed by atoms with Crippen molar-refractivity contribution in [2.75, 3.05) is 0 Å². The highest BCUT2D eigenvalue weighted by molar-refractivity contribution is 8.04. The highest BCUT2D eigenvalue weighted by Crippen LogP contribution is 2.52. The van der Waals surface area contributed by atoms with E-state index in [2.05, 4.69) is 46.4 Å². The third-order valence-electron chi connectivity index (χ3n) is 5.15. The Morgan fingerprint density at radius 1 is 0.900 bits per heavy atom. The zero-order chi connectivity index (χ0) is 14.7. The summed E-state index contributed by atoms with van der Waals surface area (Å²) in [7, 11) is 0. The molecule has 1 heterocycles. The first-order chi connectivity index (χ1) is 9.50. The predicted molar refractivity (Wildman–Crippen MR) is 93.1 cm³/mol. The van der Waals surface area contributed by atoms with E-state index in [1.54, 1.807) is 4.91 Å². The molecule has 2 aliphatic rings. The Bertz CT molecular complexity index is 340. The Kier molecular flexibility index (Phi) is 6.08. The fraction of sp³-hybridized carbons (Fsp3) is 0.895. The van der Waals surface area contributed by atoms with Gasteiger partial charge in [-0.1, -0.05) is 72.3 Å². The van der Waals surface area contributed by atoms with Crippen LogP contribution in [0.2, 0.25) is 0 Å². The lowest BCUT2D eigenvalue weighted by Gasteiger charge is -2.27. The summed E-state index contributed by atoms with van der Waals surface area (Å²) < 4.78 is 0. The lowest BCUT2D eigenvalue weighted by molar-refractivity contribution is 0.370. The van der Waals surface area contributed by atoms with Gasteiger partial charge in [0.05, 0.1) is 0 Å². The van der Waals surface area contributed by atoms with Gasteiger partial charge < -0.3 is 0 Å². The molecule has 1 saturated carbocycles. The largest absolute Gasteiger partial charge is 0.126 e. The van der Waals surface area contributed by atoms with Crippen molar-refractivity contribution in [3.8, 4) is 0 Å². The van der Waals surface area contributed by atoms with Gasteiger partial charge in [-0.25, -0.2) is 0 Å². The van der Waals surface area contributed by atoms with Crippen molar-refractivity contribution in [1.82, 2.24) is 0 Å². The Labute approximate surface area is 131 Å². The molecule has 1 aliphatic carbocycles. The normalized spacial score (nSPS) is 32.9. The van der Waals surface area contributed by atoms with Gasteiger partial charge in [0.1, 0.15) is 0 Å². The van der Waals surface area contributed by atoms with Crippen LogP contribution in [0.4, 0.5) is 0 Å². The van der Waals surface area contributed by atoms with E-state index >= 15 is 0 Å². The Hall–Kier alpha value is 0.0900. The summed E-state index contributed by atoms with van der Waals surface area (Å²) in [6.07, 6.45) is 10.2. The highest BCUT2D eigenvalue weighted by atomic mass is 32.2. The minimum atomic E-state index is 0.727. The van der Waals surface area contributed by atoms with Gasteiger partial charge in [-0.05, 0) is 41.4 Å². The molecule has 0 bridgehead atoms. The number of hydrogen-bond acceptors (Lipinski definition) is 1. The number of rotatable bonds is 2. The molecule has 1 fully saturated rings. The van der Waals surface area contributed by atoms with Crippen molar-refractivity contribution in [2.45, 2.75) is 84.8 Å². The SMILES string of the molecule is CC1CCCCCCC2C(C(C)C)=C(C(C)C)SC2C1. The van der Waals surface area contributed by atoms with Crippen LogP contribution in [0.15, 0.2) is 10.5 Å². The maximum absolute atomic E-state index is 2.49. The summed E-state index contributed by atoms with van der Waals surface area (Å²) in [5.41, 5.74) is 1.84. The van der Waals surface area contributed by atoms with Gasteiger partial charge in [0.25, 0.3) is 0 Å². The molecule has 116 valence electrons. The molecule has 1 heteroatoms. The van der Waals surface area contributed by atoms with Crippen LogP contribution in [-0.4, -0.2) is 5.25 Å². The minimum Gasteiger partial charge on any atom is -0.126 e. The van der Waals surface area contributed by atoms with E-state index in [4.69, 9.17) is 0 Å². The average Bonchev–Trinajstić information content (AvgIpc) is 2.73. The van der Waals surface area contributed by atoms with Crippen molar-refractivity contribution >= 4 is 11.8 Å². The second kappa shape index (κ2) is 7.38. The number of hydrogen-bond donors (Lipinski definition) is 0. The topological polar surface area (TPSA) is 0 Å². The molecule has 3 unspecified atom stereocenters. The van der Waals surface area contributed by atoms with Crippen LogP contribution >= 0.6 is 11.8 Å². The first-order valence-corrected chi connectivity index (χ1v) is 9.79. The second-order valence-corrected chi connectivity index (χ2v) is 9.01. The molecule has 1 aliphatic heterocycles. The van der Waals surface area contributed by atoms with Gasteiger partial charge in [-0.3, -0.25) is 0 Å². The number of fused-ring (bicyclic) bond motifs is 1. The molecule has 0 saturated heterocycles. The van der Waals surface area contributed by atoms with Gasteiger partial charge >= 0.3 is 0 Å². The Balaban J connectivity index is 2.21. The van der Waals surface area contributed by atoms with E-state index in [0.717, 1.165) is 28.9 Å². The third-order valence-corrected chi connectivity index (χ3v) is 6.94. The minimum absolute atomic E-state index is 0.727. The summed E-state index contributed by atoms with van der Waals surface area (Å²) in [5.74, 6) is 3.28. The molecule has 0 spiro atoms. The van der Waals surface area contributed by atoms with Gasteiger partial charge in [-0.15, -0.1) is 11.8 Å². The average molecular weight is 295 g/mol. The van der Waals surface area contributed by atoms with Crippen LogP contribution in [0.25, 0.3) is 0 Å². The fourth-order valence-corrected chi connectivity index (χ4v) is 6.15. The van der Waals surface area contributed by atoms with E-state index in [1.807, 2.05) is 5.57 Å². The molecule has 0 aromatic heterocycles. The monoisotopic (exact) mass is 294 g/mol. The molecule has 0 radical (unpaired) electrons. The van der Waals surface area contributed by atoms with Crippen molar-refractivity contribution in [3.63, 3.8) is 0 Å². The molecule has 0 aromatic carbocycles.